The molecule has 1 aliphatic heterocycles. The summed E-state index contributed by atoms with van der Waals surface area (Å²) in [6.45, 7) is 2.30. The molecule has 0 unspecified atom stereocenters. The van der Waals surface area contributed by atoms with E-state index >= 15 is 0 Å². The number of rotatable bonds is 2. The van der Waals surface area contributed by atoms with Gasteiger partial charge >= 0.3 is 0 Å². The van der Waals surface area contributed by atoms with Crippen LogP contribution in [0, 0.1) is 0 Å². The van der Waals surface area contributed by atoms with Gasteiger partial charge in [-0.15, -0.1) is 0 Å². The number of likely N-dealkylation sites (N-methyl/N-ethyl adjacent to an activating group) is 1. The SMILES string of the molecule is CNC(=O)CN1CC[C@H](N)C1. The summed E-state index contributed by atoms with van der Waals surface area (Å²) in [5, 5.41) is 2.59. The lowest BCUT2D eigenvalue weighted by molar-refractivity contribution is -0.121. The van der Waals surface area contributed by atoms with Crippen molar-refractivity contribution >= 4 is 5.91 Å². The van der Waals surface area contributed by atoms with Crippen LogP contribution in [-0.2, 0) is 4.79 Å². The molecule has 1 heterocycles. The van der Waals surface area contributed by atoms with Crippen molar-refractivity contribution in [1.82, 2.24) is 10.2 Å². The van der Waals surface area contributed by atoms with Gasteiger partial charge in [0, 0.05) is 26.2 Å². The number of nitrogens with two attached hydrogens (primary N) is 1. The summed E-state index contributed by atoms with van der Waals surface area (Å²) in [7, 11) is 1.65. The first-order chi connectivity index (χ1) is 5.22. The molecular formula is C7H15N3O. The summed E-state index contributed by atoms with van der Waals surface area (Å²) >= 11 is 0. The number of amides is 1. The van der Waals surface area contributed by atoms with Gasteiger partial charge in [-0.2, -0.15) is 0 Å². The number of carbonyl (C=O) groups is 1. The third-order valence-electron chi connectivity index (χ3n) is 1.95. The van der Waals surface area contributed by atoms with E-state index in [0.29, 0.717) is 6.54 Å². The van der Waals surface area contributed by atoms with Gasteiger partial charge in [0.05, 0.1) is 6.54 Å². The number of likely N-dealkylation sites (tertiary alicyclic amines) is 1. The monoisotopic (exact) mass is 157 g/mol. The normalized spacial score (nSPS) is 25.5. The standard InChI is InChI=1S/C7H15N3O/c1-9-7(11)5-10-3-2-6(8)4-10/h6H,2-5,8H2,1H3,(H,9,11)/t6-/m0/s1. The molecule has 0 aromatic rings. The van der Waals surface area contributed by atoms with Gasteiger partial charge in [0.25, 0.3) is 0 Å². The number of hydrogen-bond donors (Lipinski definition) is 2. The lowest BCUT2D eigenvalue weighted by Gasteiger charge is -2.12. The molecule has 1 atom stereocenters. The average molecular weight is 157 g/mol. The fourth-order valence-corrected chi connectivity index (χ4v) is 1.29. The Kier molecular flexibility index (Phi) is 2.84. The largest absolute Gasteiger partial charge is 0.358 e. The van der Waals surface area contributed by atoms with Crippen molar-refractivity contribution < 1.29 is 4.79 Å². The van der Waals surface area contributed by atoms with Crippen LogP contribution in [0.5, 0.6) is 0 Å². The van der Waals surface area contributed by atoms with Crippen LogP contribution in [0.2, 0.25) is 0 Å². The number of nitrogens with one attached hydrogen (secondary N) is 1. The molecule has 0 aliphatic carbocycles. The number of carbonyl (C=O) groups excluding carboxylic acids is 1. The Hall–Kier alpha value is -0.610. The average Bonchev–Trinajstić information content (AvgIpc) is 2.35. The Labute approximate surface area is 66.7 Å². The molecule has 0 aromatic heterocycles. The molecular weight excluding hydrogens is 142 g/mol. The zero-order valence-corrected chi connectivity index (χ0v) is 6.84. The summed E-state index contributed by atoms with van der Waals surface area (Å²) in [6, 6.07) is 0.264. The van der Waals surface area contributed by atoms with Crippen LogP contribution in [0.15, 0.2) is 0 Å². The van der Waals surface area contributed by atoms with E-state index in [1.165, 1.54) is 0 Å². The molecule has 1 amide bonds. The maximum Gasteiger partial charge on any atom is 0.233 e. The quantitative estimate of drug-likeness (QED) is 0.527. The molecule has 1 rings (SSSR count). The fraction of sp³-hybridized carbons (Fsp3) is 0.857. The van der Waals surface area contributed by atoms with Crippen LogP contribution in [0.4, 0.5) is 0 Å². The van der Waals surface area contributed by atoms with Gasteiger partial charge in [-0.05, 0) is 6.42 Å². The van der Waals surface area contributed by atoms with E-state index in [-0.39, 0.29) is 11.9 Å². The molecule has 0 bridgehead atoms. The lowest BCUT2D eigenvalue weighted by Crippen LogP contribution is -2.35. The minimum atomic E-state index is 0.0686. The van der Waals surface area contributed by atoms with Crippen molar-refractivity contribution in [2.45, 2.75) is 12.5 Å². The highest BCUT2D eigenvalue weighted by Crippen LogP contribution is 2.05. The molecule has 11 heavy (non-hydrogen) atoms. The predicted molar refractivity (Wildman–Crippen MR) is 43.1 cm³/mol. The van der Waals surface area contributed by atoms with Gasteiger partial charge in [-0.25, -0.2) is 0 Å². The van der Waals surface area contributed by atoms with Gasteiger partial charge < -0.3 is 11.1 Å². The van der Waals surface area contributed by atoms with E-state index in [9.17, 15) is 4.79 Å². The zero-order chi connectivity index (χ0) is 8.27. The van der Waals surface area contributed by atoms with Gasteiger partial charge in [0.1, 0.15) is 0 Å². The Bertz CT molecular complexity index is 149. The summed E-state index contributed by atoms with van der Waals surface area (Å²) in [4.78, 5) is 13.0. The Balaban J connectivity index is 2.23. The van der Waals surface area contributed by atoms with Crippen LogP contribution in [0.25, 0.3) is 0 Å². The zero-order valence-electron chi connectivity index (χ0n) is 6.84. The molecule has 0 radical (unpaired) electrons. The molecule has 3 N–H and O–H groups in total. The second kappa shape index (κ2) is 3.69. The van der Waals surface area contributed by atoms with Crippen LogP contribution in [0.3, 0.4) is 0 Å². The van der Waals surface area contributed by atoms with Crippen molar-refractivity contribution in [3.63, 3.8) is 0 Å². The van der Waals surface area contributed by atoms with Gasteiger partial charge in [-0.1, -0.05) is 0 Å². The van der Waals surface area contributed by atoms with Crippen molar-refractivity contribution in [2.24, 2.45) is 5.73 Å². The summed E-state index contributed by atoms with van der Waals surface area (Å²) in [5.41, 5.74) is 5.67. The lowest BCUT2D eigenvalue weighted by atomic mass is 10.3. The Morgan fingerprint density at radius 2 is 2.55 bits per heavy atom. The van der Waals surface area contributed by atoms with E-state index in [0.717, 1.165) is 19.5 Å². The molecule has 1 fully saturated rings. The highest BCUT2D eigenvalue weighted by molar-refractivity contribution is 5.77. The summed E-state index contributed by atoms with van der Waals surface area (Å²) in [5.74, 6) is 0.0686. The van der Waals surface area contributed by atoms with Gasteiger partial charge in [0.15, 0.2) is 0 Å². The van der Waals surface area contributed by atoms with Gasteiger partial charge in [-0.3, -0.25) is 9.69 Å². The molecule has 0 aromatic carbocycles. The Morgan fingerprint density at radius 1 is 1.82 bits per heavy atom. The minimum absolute atomic E-state index is 0.0686. The highest BCUT2D eigenvalue weighted by atomic mass is 16.1. The van der Waals surface area contributed by atoms with Crippen LogP contribution in [-0.4, -0.2) is 43.5 Å². The van der Waals surface area contributed by atoms with Crippen molar-refractivity contribution in [1.29, 1.82) is 0 Å². The number of nitrogens with zero attached hydrogens (tertiary/aromatic N) is 1. The molecule has 4 nitrogen and oxygen atoms in total. The molecule has 0 spiro atoms. The molecule has 1 saturated heterocycles. The summed E-state index contributed by atoms with van der Waals surface area (Å²) in [6.07, 6.45) is 1.01. The van der Waals surface area contributed by atoms with E-state index < -0.39 is 0 Å². The smallest absolute Gasteiger partial charge is 0.233 e. The van der Waals surface area contributed by atoms with Crippen molar-refractivity contribution in [3.05, 3.63) is 0 Å². The molecule has 64 valence electrons. The second-order valence-electron chi connectivity index (χ2n) is 2.96. The van der Waals surface area contributed by atoms with Crippen LogP contribution in [0.1, 0.15) is 6.42 Å². The minimum Gasteiger partial charge on any atom is -0.358 e. The van der Waals surface area contributed by atoms with Crippen LogP contribution < -0.4 is 11.1 Å². The third-order valence-corrected chi connectivity index (χ3v) is 1.95. The first kappa shape index (κ1) is 8.49. The van der Waals surface area contributed by atoms with E-state index in [1.54, 1.807) is 7.05 Å². The van der Waals surface area contributed by atoms with E-state index in [1.807, 2.05) is 0 Å². The summed E-state index contributed by atoms with van der Waals surface area (Å²) < 4.78 is 0. The number of hydrogen-bond acceptors (Lipinski definition) is 3. The second-order valence-corrected chi connectivity index (χ2v) is 2.96. The molecule has 4 heteroatoms. The van der Waals surface area contributed by atoms with E-state index in [2.05, 4.69) is 10.2 Å². The van der Waals surface area contributed by atoms with Crippen LogP contribution >= 0.6 is 0 Å². The Morgan fingerprint density at radius 3 is 3.00 bits per heavy atom. The van der Waals surface area contributed by atoms with E-state index in [4.69, 9.17) is 5.73 Å². The van der Waals surface area contributed by atoms with Gasteiger partial charge in [0.2, 0.25) is 5.91 Å². The fourth-order valence-electron chi connectivity index (χ4n) is 1.29. The van der Waals surface area contributed by atoms with Crippen molar-refractivity contribution in [2.75, 3.05) is 26.7 Å². The molecule has 1 aliphatic rings. The predicted octanol–water partition coefficient (Wildman–Crippen LogP) is -1.23. The topological polar surface area (TPSA) is 58.4 Å². The van der Waals surface area contributed by atoms with Crippen molar-refractivity contribution in [3.8, 4) is 0 Å². The first-order valence-corrected chi connectivity index (χ1v) is 3.91. The highest BCUT2D eigenvalue weighted by Gasteiger charge is 2.20. The molecule has 0 saturated carbocycles. The maximum absolute atomic E-state index is 10.9. The third kappa shape index (κ3) is 2.48. The maximum atomic E-state index is 10.9. The first-order valence-electron chi connectivity index (χ1n) is 3.91.